The third-order valence-electron chi connectivity index (χ3n) is 3.75. The van der Waals surface area contributed by atoms with Crippen LogP contribution < -0.4 is 4.74 Å². The molecular formula is C15H20O2. The van der Waals surface area contributed by atoms with Gasteiger partial charge >= 0.3 is 0 Å². The maximum atomic E-state index is 12.0. The molecule has 2 nitrogen and oxygen atoms in total. The van der Waals surface area contributed by atoms with Crippen molar-refractivity contribution < 1.29 is 9.53 Å². The molecular weight excluding hydrogens is 212 g/mol. The van der Waals surface area contributed by atoms with Crippen molar-refractivity contribution in [1.82, 2.24) is 0 Å². The van der Waals surface area contributed by atoms with Crippen LogP contribution in [-0.2, 0) is 0 Å². The van der Waals surface area contributed by atoms with Crippen LogP contribution in [0.4, 0.5) is 0 Å². The van der Waals surface area contributed by atoms with Crippen molar-refractivity contribution in [2.24, 2.45) is 5.92 Å². The van der Waals surface area contributed by atoms with Crippen molar-refractivity contribution in [2.75, 3.05) is 7.11 Å². The zero-order chi connectivity index (χ0) is 12.6. The summed E-state index contributed by atoms with van der Waals surface area (Å²) in [7, 11) is 1.65. The lowest BCUT2D eigenvalue weighted by atomic mass is 9.76. The lowest BCUT2D eigenvalue weighted by molar-refractivity contribution is 0.0962. The average molecular weight is 232 g/mol. The molecule has 0 heterocycles. The molecule has 2 rings (SSSR count). The molecule has 1 aromatic carbocycles. The van der Waals surface area contributed by atoms with Gasteiger partial charge in [-0.3, -0.25) is 4.79 Å². The maximum Gasteiger partial charge on any atom is 0.163 e. The molecule has 2 heteroatoms. The number of carbonyl (C=O) groups is 1. The average Bonchev–Trinajstić information content (AvgIpc) is 2.28. The number of hydrogen-bond acceptors (Lipinski definition) is 2. The smallest absolute Gasteiger partial charge is 0.163 e. The van der Waals surface area contributed by atoms with Crippen LogP contribution in [0.2, 0.25) is 0 Å². The molecule has 0 amide bonds. The van der Waals surface area contributed by atoms with Crippen molar-refractivity contribution in [1.29, 1.82) is 0 Å². The van der Waals surface area contributed by atoms with Crippen molar-refractivity contribution in [2.45, 2.75) is 39.5 Å². The van der Waals surface area contributed by atoms with Gasteiger partial charge in [0.15, 0.2) is 5.78 Å². The highest BCUT2D eigenvalue weighted by atomic mass is 16.5. The SMILES string of the molecule is COc1cc2c(cc1C)C(C(C)C)CCC2=O. The van der Waals surface area contributed by atoms with Crippen LogP contribution in [-0.4, -0.2) is 12.9 Å². The largest absolute Gasteiger partial charge is 0.496 e. The van der Waals surface area contributed by atoms with Gasteiger partial charge in [0.25, 0.3) is 0 Å². The summed E-state index contributed by atoms with van der Waals surface area (Å²) in [4.78, 5) is 12.0. The van der Waals surface area contributed by atoms with Crippen LogP contribution in [0.1, 0.15) is 54.1 Å². The summed E-state index contributed by atoms with van der Waals surface area (Å²) in [6.45, 7) is 6.49. The number of hydrogen-bond donors (Lipinski definition) is 0. The zero-order valence-electron chi connectivity index (χ0n) is 11.0. The fraction of sp³-hybridized carbons (Fsp3) is 0.533. The fourth-order valence-electron chi connectivity index (χ4n) is 2.75. The summed E-state index contributed by atoms with van der Waals surface area (Å²) in [5.41, 5.74) is 3.21. The van der Waals surface area contributed by atoms with Gasteiger partial charge in [-0.25, -0.2) is 0 Å². The van der Waals surface area contributed by atoms with Crippen LogP contribution in [0.15, 0.2) is 12.1 Å². The Morgan fingerprint density at radius 2 is 2.06 bits per heavy atom. The highest BCUT2D eigenvalue weighted by Gasteiger charge is 2.28. The first-order valence-electron chi connectivity index (χ1n) is 6.26. The van der Waals surface area contributed by atoms with Crippen molar-refractivity contribution in [3.8, 4) is 5.75 Å². The molecule has 0 saturated carbocycles. The minimum atomic E-state index is 0.259. The summed E-state index contributed by atoms with van der Waals surface area (Å²) in [6, 6.07) is 4.05. The number of ether oxygens (including phenoxy) is 1. The Hall–Kier alpha value is -1.31. The number of methoxy groups -OCH3 is 1. The summed E-state index contributed by atoms with van der Waals surface area (Å²) >= 11 is 0. The maximum absolute atomic E-state index is 12.0. The van der Waals surface area contributed by atoms with Crippen LogP contribution in [0.25, 0.3) is 0 Å². The Morgan fingerprint density at radius 3 is 2.65 bits per heavy atom. The van der Waals surface area contributed by atoms with Crippen molar-refractivity contribution in [3.05, 3.63) is 28.8 Å². The van der Waals surface area contributed by atoms with Crippen LogP contribution in [0, 0.1) is 12.8 Å². The number of Topliss-reactive ketones (excluding diaryl/α,β-unsaturated/α-hetero) is 1. The predicted octanol–water partition coefficient (Wildman–Crippen LogP) is 3.72. The lowest BCUT2D eigenvalue weighted by Crippen LogP contribution is -2.19. The molecule has 1 unspecified atom stereocenters. The second kappa shape index (κ2) is 4.52. The Labute approximate surface area is 103 Å². The van der Waals surface area contributed by atoms with Crippen molar-refractivity contribution >= 4 is 5.78 Å². The minimum Gasteiger partial charge on any atom is -0.496 e. The van der Waals surface area contributed by atoms with E-state index in [1.807, 2.05) is 13.0 Å². The van der Waals surface area contributed by atoms with Crippen LogP contribution in [0.5, 0.6) is 5.75 Å². The van der Waals surface area contributed by atoms with Crippen LogP contribution in [0.3, 0.4) is 0 Å². The molecule has 0 N–H and O–H groups in total. The van der Waals surface area contributed by atoms with Gasteiger partial charge < -0.3 is 4.74 Å². The summed E-state index contributed by atoms with van der Waals surface area (Å²) in [5.74, 6) is 2.17. The quantitative estimate of drug-likeness (QED) is 0.776. The van der Waals surface area contributed by atoms with Gasteiger partial charge in [0, 0.05) is 12.0 Å². The van der Waals surface area contributed by atoms with E-state index >= 15 is 0 Å². The molecule has 0 radical (unpaired) electrons. The topological polar surface area (TPSA) is 26.3 Å². The monoisotopic (exact) mass is 232 g/mol. The lowest BCUT2D eigenvalue weighted by Gasteiger charge is -2.28. The molecule has 0 fully saturated rings. The van der Waals surface area contributed by atoms with E-state index in [0.29, 0.717) is 18.3 Å². The van der Waals surface area contributed by atoms with E-state index in [1.165, 1.54) is 5.56 Å². The third-order valence-corrected chi connectivity index (χ3v) is 3.75. The van der Waals surface area contributed by atoms with Gasteiger partial charge in [0.05, 0.1) is 7.11 Å². The molecule has 1 atom stereocenters. The van der Waals surface area contributed by atoms with Gasteiger partial charge in [0.2, 0.25) is 0 Å². The zero-order valence-corrected chi connectivity index (χ0v) is 11.0. The van der Waals surface area contributed by atoms with Gasteiger partial charge in [-0.05, 0) is 42.4 Å². The molecule has 0 aromatic heterocycles. The molecule has 17 heavy (non-hydrogen) atoms. The first-order valence-corrected chi connectivity index (χ1v) is 6.26. The van der Waals surface area contributed by atoms with Crippen LogP contribution >= 0.6 is 0 Å². The second-order valence-electron chi connectivity index (χ2n) is 5.22. The Morgan fingerprint density at radius 1 is 1.35 bits per heavy atom. The molecule has 1 aliphatic rings. The molecule has 0 aliphatic heterocycles. The highest BCUT2D eigenvalue weighted by molar-refractivity contribution is 5.99. The standard InChI is InChI=1S/C15H20O2/c1-9(2)11-5-6-14(16)13-8-15(17-4)10(3)7-12(11)13/h7-9,11H,5-6H2,1-4H3. The first-order chi connectivity index (χ1) is 8.04. The molecule has 0 saturated heterocycles. The van der Waals surface area contributed by atoms with Gasteiger partial charge in [-0.2, -0.15) is 0 Å². The van der Waals surface area contributed by atoms with Gasteiger partial charge in [0.1, 0.15) is 5.75 Å². The summed E-state index contributed by atoms with van der Waals surface area (Å²) < 4.78 is 5.30. The molecule has 1 aliphatic carbocycles. The number of ketones is 1. The predicted molar refractivity (Wildman–Crippen MR) is 68.9 cm³/mol. The Bertz CT molecular complexity index is 446. The van der Waals surface area contributed by atoms with E-state index in [9.17, 15) is 4.79 Å². The fourth-order valence-corrected chi connectivity index (χ4v) is 2.75. The van der Waals surface area contributed by atoms with E-state index in [2.05, 4.69) is 19.9 Å². The molecule has 92 valence electrons. The number of fused-ring (bicyclic) bond motifs is 1. The Kier molecular flexibility index (Phi) is 3.23. The summed E-state index contributed by atoms with van der Waals surface area (Å²) in [5, 5.41) is 0. The number of aryl methyl sites for hydroxylation is 1. The van der Waals surface area contributed by atoms with E-state index in [1.54, 1.807) is 7.11 Å². The van der Waals surface area contributed by atoms with E-state index in [4.69, 9.17) is 4.74 Å². The van der Waals surface area contributed by atoms with Gasteiger partial charge in [-0.1, -0.05) is 19.9 Å². The minimum absolute atomic E-state index is 0.259. The van der Waals surface area contributed by atoms with Crippen molar-refractivity contribution in [3.63, 3.8) is 0 Å². The van der Waals surface area contributed by atoms with E-state index in [0.717, 1.165) is 23.3 Å². The number of rotatable bonds is 2. The van der Waals surface area contributed by atoms with E-state index < -0.39 is 0 Å². The first kappa shape index (κ1) is 12.2. The third kappa shape index (κ3) is 2.08. The summed E-state index contributed by atoms with van der Waals surface area (Å²) in [6.07, 6.45) is 1.65. The normalized spacial score (nSPS) is 19.4. The van der Waals surface area contributed by atoms with Gasteiger partial charge in [-0.15, -0.1) is 0 Å². The molecule has 1 aromatic rings. The Balaban J connectivity index is 2.55. The number of benzene rings is 1. The molecule has 0 spiro atoms. The number of carbonyl (C=O) groups excluding carboxylic acids is 1. The molecule has 0 bridgehead atoms. The van der Waals surface area contributed by atoms with E-state index in [-0.39, 0.29) is 5.78 Å². The highest BCUT2D eigenvalue weighted by Crippen LogP contribution is 2.39. The second-order valence-corrected chi connectivity index (χ2v) is 5.22.